The van der Waals surface area contributed by atoms with Gasteiger partial charge in [-0.2, -0.15) is 0 Å². The van der Waals surface area contributed by atoms with Crippen LogP contribution in [0.25, 0.3) is 0 Å². The van der Waals surface area contributed by atoms with Gasteiger partial charge in [0.25, 0.3) is 0 Å². The number of quaternary nitrogens is 1. The number of nitrogens with two attached hydrogens (primary N) is 1. The van der Waals surface area contributed by atoms with Crippen molar-refractivity contribution in [1.29, 1.82) is 0 Å². The molecule has 2 aromatic carbocycles. The molecule has 0 aromatic heterocycles. The zero-order valence-corrected chi connectivity index (χ0v) is 20.0. The Morgan fingerprint density at radius 1 is 1.03 bits per heavy atom. The van der Waals surface area contributed by atoms with Crippen molar-refractivity contribution in [3.05, 3.63) is 52.0 Å². The first-order chi connectivity index (χ1) is 14.9. The quantitative estimate of drug-likeness (QED) is 0.535. The van der Waals surface area contributed by atoms with Crippen molar-refractivity contribution in [2.75, 3.05) is 45.9 Å². The Morgan fingerprint density at radius 2 is 1.74 bits per heavy atom. The summed E-state index contributed by atoms with van der Waals surface area (Å²) < 4.78 is 6.76. The molecule has 0 saturated carbocycles. The van der Waals surface area contributed by atoms with Crippen LogP contribution in [0.15, 0.2) is 30.3 Å². The summed E-state index contributed by atoms with van der Waals surface area (Å²) in [5, 5.41) is 0.646. The van der Waals surface area contributed by atoms with Gasteiger partial charge in [-0.1, -0.05) is 25.4 Å². The molecule has 0 bridgehead atoms. The maximum absolute atomic E-state index is 13.6. The predicted molar refractivity (Wildman–Crippen MR) is 130 cm³/mol. The number of rotatable bonds is 10. The summed E-state index contributed by atoms with van der Waals surface area (Å²) in [6, 6.07) is 9.68. The molecule has 0 aliphatic carbocycles. The molecule has 0 fully saturated rings. The van der Waals surface area contributed by atoms with E-state index in [0.29, 0.717) is 29.1 Å². The molecule has 0 atom stereocenters. The molecule has 6 heteroatoms. The van der Waals surface area contributed by atoms with E-state index in [2.05, 4.69) is 38.7 Å². The number of likely N-dealkylation sites (N-methyl/N-ethyl adjacent to an activating group) is 1. The molecule has 0 radical (unpaired) electrons. The number of hydrogen-bond donors (Lipinski definition) is 1. The number of halogens is 1. The van der Waals surface area contributed by atoms with E-state index in [1.165, 1.54) is 0 Å². The summed E-state index contributed by atoms with van der Waals surface area (Å²) in [7, 11) is 0. The van der Waals surface area contributed by atoms with Crippen LogP contribution in [0.3, 0.4) is 0 Å². The lowest BCUT2D eigenvalue weighted by Gasteiger charge is -2.41. The van der Waals surface area contributed by atoms with E-state index in [4.69, 9.17) is 22.1 Å². The highest BCUT2D eigenvalue weighted by molar-refractivity contribution is 6.31. The van der Waals surface area contributed by atoms with Gasteiger partial charge in [-0.05, 0) is 63.7 Å². The molecule has 31 heavy (non-hydrogen) atoms. The maximum atomic E-state index is 13.6. The summed E-state index contributed by atoms with van der Waals surface area (Å²) in [6.45, 7) is 14.2. The van der Waals surface area contributed by atoms with Crippen molar-refractivity contribution in [2.45, 2.75) is 34.1 Å². The second-order valence-corrected chi connectivity index (χ2v) is 8.42. The van der Waals surface area contributed by atoms with Crippen LogP contribution in [0.4, 0.5) is 11.4 Å². The van der Waals surface area contributed by atoms with Crippen LogP contribution in [-0.4, -0.2) is 56.6 Å². The molecular formula is C25H35ClN3O2+. The lowest BCUT2D eigenvalue weighted by molar-refractivity contribution is 0.103. The van der Waals surface area contributed by atoms with Crippen molar-refractivity contribution >= 4 is 28.8 Å². The molecule has 1 heterocycles. The highest BCUT2D eigenvalue weighted by Crippen LogP contribution is 2.48. The Morgan fingerprint density at radius 3 is 2.35 bits per heavy atom. The van der Waals surface area contributed by atoms with E-state index in [-0.39, 0.29) is 5.78 Å². The van der Waals surface area contributed by atoms with E-state index in [9.17, 15) is 4.79 Å². The largest absolute Gasteiger partial charge is 0.492 e. The highest BCUT2D eigenvalue weighted by atomic mass is 35.5. The Kier molecular flexibility index (Phi) is 7.76. The minimum atomic E-state index is 0.0513. The van der Waals surface area contributed by atoms with Crippen molar-refractivity contribution in [3.8, 4) is 5.75 Å². The average Bonchev–Trinajstić information content (AvgIpc) is 2.77. The first-order valence-electron chi connectivity index (χ1n) is 11.4. The Balaban J connectivity index is 2.12. The van der Waals surface area contributed by atoms with Crippen LogP contribution >= 0.6 is 11.6 Å². The Bertz CT molecular complexity index is 937. The summed E-state index contributed by atoms with van der Waals surface area (Å²) in [6.07, 6.45) is 0.637. The van der Waals surface area contributed by atoms with Crippen LogP contribution in [-0.2, 0) is 6.42 Å². The third kappa shape index (κ3) is 4.37. The number of ether oxygens (including phenoxy) is 1. The minimum Gasteiger partial charge on any atom is -0.492 e. The predicted octanol–water partition coefficient (Wildman–Crippen LogP) is 4.79. The molecule has 0 spiro atoms. The standard InChI is InChI=1S/C25H35ClN3O2/c1-5-28(6-2)13-14-31-20-15-18(11-12-27)24-23(17-20)29(7-3,8-4)22-16-19(26)9-10-21(22)25(24)30/h9-10,15-17H,5-8,11-14,27H2,1-4H3/q+1. The van der Waals surface area contributed by atoms with Gasteiger partial charge in [0.05, 0.1) is 24.2 Å². The Hall–Kier alpha value is -1.92. The van der Waals surface area contributed by atoms with E-state index in [1.807, 2.05) is 18.2 Å². The second-order valence-electron chi connectivity index (χ2n) is 7.98. The van der Waals surface area contributed by atoms with Gasteiger partial charge in [-0.3, -0.25) is 9.28 Å². The molecule has 168 valence electrons. The molecule has 0 saturated heterocycles. The zero-order valence-electron chi connectivity index (χ0n) is 19.2. The van der Waals surface area contributed by atoms with E-state index in [0.717, 1.165) is 66.5 Å². The van der Waals surface area contributed by atoms with Crippen LogP contribution in [0.2, 0.25) is 5.02 Å². The van der Waals surface area contributed by atoms with Crippen LogP contribution in [0.1, 0.15) is 49.2 Å². The molecule has 0 unspecified atom stereocenters. The van der Waals surface area contributed by atoms with E-state index >= 15 is 0 Å². The van der Waals surface area contributed by atoms with Gasteiger partial charge < -0.3 is 15.4 Å². The summed E-state index contributed by atoms with van der Waals surface area (Å²) >= 11 is 6.36. The molecular weight excluding hydrogens is 410 g/mol. The van der Waals surface area contributed by atoms with Gasteiger partial charge in [-0.25, -0.2) is 0 Å². The van der Waals surface area contributed by atoms with Crippen LogP contribution < -0.4 is 15.0 Å². The molecule has 1 aliphatic heterocycles. The lowest BCUT2D eigenvalue weighted by atomic mass is 9.87. The normalized spacial score (nSPS) is 14.5. The fourth-order valence-electron chi connectivity index (χ4n) is 4.75. The molecule has 0 amide bonds. The summed E-state index contributed by atoms with van der Waals surface area (Å²) in [5.41, 5.74) is 10.4. The third-order valence-electron chi connectivity index (χ3n) is 6.59. The lowest BCUT2D eigenvalue weighted by Crippen LogP contribution is -2.48. The van der Waals surface area contributed by atoms with E-state index in [1.54, 1.807) is 6.07 Å². The number of benzene rings is 2. The zero-order chi connectivity index (χ0) is 22.6. The van der Waals surface area contributed by atoms with Gasteiger partial charge in [0, 0.05) is 23.7 Å². The van der Waals surface area contributed by atoms with Crippen molar-refractivity contribution in [3.63, 3.8) is 0 Å². The first-order valence-corrected chi connectivity index (χ1v) is 11.8. The van der Waals surface area contributed by atoms with Gasteiger partial charge in [0.15, 0.2) is 11.4 Å². The first kappa shape index (κ1) is 23.7. The van der Waals surface area contributed by atoms with Gasteiger partial charge in [-0.15, -0.1) is 0 Å². The number of carbonyl (C=O) groups is 1. The fourth-order valence-corrected chi connectivity index (χ4v) is 4.91. The fraction of sp³-hybridized carbons (Fsp3) is 0.480. The van der Waals surface area contributed by atoms with Crippen LogP contribution in [0.5, 0.6) is 5.75 Å². The summed E-state index contributed by atoms with van der Waals surface area (Å²) in [5.74, 6) is 0.854. The second kappa shape index (κ2) is 10.1. The highest BCUT2D eigenvalue weighted by Gasteiger charge is 2.44. The minimum absolute atomic E-state index is 0.0513. The average molecular weight is 445 g/mol. The molecule has 2 aromatic rings. The van der Waals surface area contributed by atoms with E-state index < -0.39 is 0 Å². The number of carbonyl (C=O) groups excluding carboxylic acids is 1. The summed E-state index contributed by atoms with van der Waals surface area (Å²) in [4.78, 5) is 15.9. The van der Waals surface area contributed by atoms with Gasteiger partial charge in [0.1, 0.15) is 12.4 Å². The van der Waals surface area contributed by atoms with Crippen molar-refractivity contribution in [2.24, 2.45) is 5.73 Å². The van der Waals surface area contributed by atoms with Crippen molar-refractivity contribution in [1.82, 2.24) is 9.38 Å². The molecule has 3 rings (SSSR count). The number of nitrogens with zero attached hydrogens (tertiary/aromatic N) is 2. The number of ketones is 1. The smallest absolute Gasteiger partial charge is 0.205 e. The van der Waals surface area contributed by atoms with Crippen molar-refractivity contribution < 1.29 is 9.53 Å². The molecule has 1 aliphatic rings. The molecule has 2 N–H and O–H groups in total. The van der Waals surface area contributed by atoms with Crippen LogP contribution in [0, 0.1) is 0 Å². The Labute approximate surface area is 191 Å². The third-order valence-corrected chi connectivity index (χ3v) is 6.83. The topological polar surface area (TPSA) is 55.6 Å². The monoisotopic (exact) mass is 444 g/mol. The SMILES string of the molecule is CCN(CC)CCOc1cc(CCN)c2c(c1)[N+](CC)(CC)c1cc(Cl)ccc1C2=O. The number of fused-ring (bicyclic) bond motifs is 2. The number of hydrogen-bond acceptors (Lipinski definition) is 4. The maximum Gasteiger partial charge on any atom is 0.205 e. The molecule has 5 nitrogen and oxygen atoms in total. The van der Waals surface area contributed by atoms with Gasteiger partial charge >= 0.3 is 0 Å². The van der Waals surface area contributed by atoms with Gasteiger partial charge in [0.2, 0.25) is 5.78 Å².